The van der Waals surface area contributed by atoms with E-state index in [0.29, 0.717) is 25.1 Å². The van der Waals surface area contributed by atoms with Crippen molar-refractivity contribution in [3.05, 3.63) is 63.4 Å². The van der Waals surface area contributed by atoms with E-state index in [-0.39, 0.29) is 5.56 Å². The van der Waals surface area contributed by atoms with Gasteiger partial charge in [0.05, 0.1) is 35.6 Å². The summed E-state index contributed by atoms with van der Waals surface area (Å²) in [6, 6.07) is 12.2. The molecule has 0 bridgehead atoms. The van der Waals surface area contributed by atoms with E-state index in [1.165, 1.54) is 0 Å². The molecule has 5 heteroatoms. The highest BCUT2D eigenvalue weighted by Gasteiger charge is 2.42. The number of methoxy groups -OCH3 is 1. The summed E-state index contributed by atoms with van der Waals surface area (Å²) in [5.41, 5.74) is 5.30. The zero-order valence-electron chi connectivity index (χ0n) is 14.2. The number of aromatic nitrogens is 2. The molecule has 1 unspecified atom stereocenters. The van der Waals surface area contributed by atoms with Crippen LogP contribution in [-0.4, -0.2) is 16.7 Å². The summed E-state index contributed by atoms with van der Waals surface area (Å²) in [5, 5.41) is 1.10. The highest BCUT2D eigenvalue weighted by Crippen LogP contribution is 2.41. The molecule has 0 spiro atoms. The fourth-order valence-corrected chi connectivity index (χ4v) is 4.07. The largest absolute Gasteiger partial charge is 0.349 e. The quantitative estimate of drug-likeness (QED) is 0.565. The zero-order valence-corrected chi connectivity index (χ0v) is 14.2. The molecular weight excluding hydrogens is 316 g/mol. The minimum Gasteiger partial charge on any atom is -0.349 e. The molecule has 0 saturated carbocycles. The molecule has 25 heavy (non-hydrogen) atoms. The number of pyridine rings is 2. The molecule has 0 radical (unpaired) electrons. The molecule has 0 aliphatic carbocycles. The predicted molar refractivity (Wildman–Crippen MR) is 94.3 cm³/mol. The molecule has 2 aromatic heterocycles. The van der Waals surface area contributed by atoms with Crippen LogP contribution >= 0.6 is 0 Å². The van der Waals surface area contributed by atoms with E-state index in [2.05, 4.69) is 12.1 Å². The molecule has 2 aliphatic rings. The first kappa shape index (κ1) is 14.8. The Kier molecular flexibility index (Phi) is 2.96. The Morgan fingerprint density at radius 2 is 2.16 bits per heavy atom. The van der Waals surface area contributed by atoms with Gasteiger partial charge in [-0.15, -0.1) is 0 Å². The third-order valence-electron chi connectivity index (χ3n) is 5.43. The third-order valence-corrected chi connectivity index (χ3v) is 5.43. The normalized spacial score (nSPS) is 20.6. The minimum absolute atomic E-state index is 0.00179. The maximum absolute atomic E-state index is 13.0. The van der Waals surface area contributed by atoms with E-state index in [4.69, 9.17) is 14.5 Å². The van der Waals surface area contributed by atoms with Gasteiger partial charge in [0.25, 0.3) is 5.56 Å². The lowest BCUT2D eigenvalue weighted by molar-refractivity contribution is -0.225. The Labute approximate surface area is 144 Å². The van der Waals surface area contributed by atoms with Crippen molar-refractivity contribution in [2.45, 2.75) is 32.3 Å². The minimum atomic E-state index is -0.830. The second-order valence-electron chi connectivity index (χ2n) is 6.60. The van der Waals surface area contributed by atoms with Gasteiger partial charge in [-0.1, -0.05) is 25.1 Å². The fraction of sp³-hybridized carbons (Fsp3) is 0.300. The average molecular weight is 334 g/mol. The second kappa shape index (κ2) is 5.00. The zero-order chi connectivity index (χ0) is 17.2. The summed E-state index contributed by atoms with van der Waals surface area (Å²) in [7, 11) is 1.63. The first-order valence-electron chi connectivity index (χ1n) is 8.52. The molecule has 0 saturated heterocycles. The molecule has 0 amide bonds. The van der Waals surface area contributed by atoms with Crippen LogP contribution in [0.25, 0.3) is 22.3 Å². The van der Waals surface area contributed by atoms with E-state index in [9.17, 15) is 4.79 Å². The number of fused-ring (bicyclic) bond motifs is 5. The SMILES string of the molecule is CCC1(OC)OCc2c1cc1n(c2=O)Cc2cc3ccccc3nc2-1. The fourth-order valence-electron chi connectivity index (χ4n) is 4.07. The van der Waals surface area contributed by atoms with Crippen LogP contribution < -0.4 is 5.56 Å². The summed E-state index contributed by atoms with van der Waals surface area (Å²) in [6.45, 7) is 2.85. The summed E-state index contributed by atoms with van der Waals surface area (Å²) >= 11 is 0. The molecule has 4 heterocycles. The van der Waals surface area contributed by atoms with Crippen LogP contribution in [0, 0.1) is 0 Å². The van der Waals surface area contributed by atoms with Gasteiger partial charge in [0.2, 0.25) is 0 Å². The van der Waals surface area contributed by atoms with Crippen LogP contribution in [0.3, 0.4) is 0 Å². The number of hydrogen-bond acceptors (Lipinski definition) is 4. The van der Waals surface area contributed by atoms with E-state index in [1.54, 1.807) is 11.7 Å². The summed E-state index contributed by atoms with van der Waals surface area (Å²) < 4.78 is 13.3. The number of para-hydroxylation sites is 1. The van der Waals surface area contributed by atoms with Crippen molar-refractivity contribution < 1.29 is 9.47 Å². The van der Waals surface area contributed by atoms with Crippen molar-refractivity contribution in [2.24, 2.45) is 0 Å². The molecule has 5 nitrogen and oxygen atoms in total. The number of rotatable bonds is 2. The lowest BCUT2D eigenvalue weighted by Crippen LogP contribution is -2.29. The standard InChI is InChI=1S/C20H18N2O3/c1-3-20(24-2)15-9-17-18-13(8-12-6-4-5-7-16(12)21-18)10-22(17)19(23)14(15)11-25-20/h4-9H,3,10-11H2,1-2H3. The number of nitrogens with zero attached hydrogens (tertiary/aromatic N) is 2. The summed E-state index contributed by atoms with van der Waals surface area (Å²) in [6.07, 6.45) is 0.650. The highest BCUT2D eigenvalue weighted by molar-refractivity contribution is 5.84. The van der Waals surface area contributed by atoms with Gasteiger partial charge in [-0.25, -0.2) is 4.98 Å². The molecular formula is C20H18N2O3. The monoisotopic (exact) mass is 334 g/mol. The van der Waals surface area contributed by atoms with Gasteiger partial charge in [0.15, 0.2) is 5.79 Å². The Hall–Kier alpha value is -2.50. The maximum atomic E-state index is 13.0. The lowest BCUT2D eigenvalue weighted by atomic mass is 10.00. The molecule has 1 aromatic carbocycles. The number of benzene rings is 1. The van der Waals surface area contributed by atoms with E-state index in [1.807, 2.05) is 31.2 Å². The first-order chi connectivity index (χ1) is 12.2. The topological polar surface area (TPSA) is 53.4 Å². The predicted octanol–water partition coefficient (Wildman–Crippen LogP) is 3.16. The van der Waals surface area contributed by atoms with Gasteiger partial charge >= 0.3 is 0 Å². The maximum Gasteiger partial charge on any atom is 0.257 e. The second-order valence-corrected chi connectivity index (χ2v) is 6.60. The Morgan fingerprint density at radius 1 is 1.32 bits per heavy atom. The van der Waals surface area contributed by atoms with Crippen LogP contribution in [0.1, 0.15) is 30.0 Å². The van der Waals surface area contributed by atoms with Crippen molar-refractivity contribution in [3.63, 3.8) is 0 Å². The molecule has 0 N–H and O–H groups in total. The van der Waals surface area contributed by atoms with Crippen LogP contribution in [0.2, 0.25) is 0 Å². The highest BCUT2D eigenvalue weighted by atomic mass is 16.7. The number of ether oxygens (including phenoxy) is 2. The van der Waals surface area contributed by atoms with Crippen molar-refractivity contribution in [2.75, 3.05) is 7.11 Å². The molecule has 0 fully saturated rings. The van der Waals surface area contributed by atoms with E-state index >= 15 is 0 Å². The third kappa shape index (κ3) is 1.85. The Bertz CT molecular complexity index is 1080. The van der Waals surface area contributed by atoms with Crippen LogP contribution in [0.15, 0.2) is 41.2 Å². The molecule has 2 aliphatic heterocycles. The van der Waals surface area contributed by atoms with Gasteiger partial charge < -0.3 is 14.0 Å². The Morgan fingerprint density at radius 3 is 2.96 bits per heavy atom. The van der Waals surface area contributed by atoms with E-state index < -0.39 is 5.79 Å². The van der Waals surface area contributed by atoms with Crippen molar-refractivity contribution in [3.8, 4) is 11.4 Å². The van der Waals surface area contributed by atoms with Crippen molar-refractivity contribution >= 4 is 10.9 Å². The molecule has 126 valence electrons. The lowest BCUT2D eigenvalue weighted by Gasteiger charge is -2.26. The van der Waals surface area contributed by atoms with Gasteiger partial charge in [-0.2, -0.15) is 0 Å². The van der Waals surface area contributed by atoms with Gasteiger partial charge in [0, 0.05) is 30.0 Å². The average Bonchev–Trinajstić information content (AvgIpc) is 3.19. The van der Waals surface area contributed by atoms with Gasteiger partial charge in [-0.05, 0) is 18.2 Å². The number of hydrogen-bond donors (Lipinski definition) is 0. The molecule has 5 rings (SSSR count). The van der Waals surface area contributed by atoms with Crippen LogP contribution in [0.4, 0.5) is 0 Å². The van der Waals surface area contributed by atoms with Gasteiger partial charge in [-0.3, -0.25) is 4.79 Å². The van der Waals surface area contributed by atoms with Crippen molar-refractivity contribution in [1.29, 1.82) is 0 Å². The summed E-state index contributed by atoms with van der Waals surface area (Å²) in [4.78, 5) is 17.9. The smallest absolute Gasteiger partial charge is 0.257 e. The molecule has 1 atom stereocenters. The van der Waals surface area contributed by atoms with Crippen LogP contribution in [0.5, 0.6) is 0 Å². The van der Waals surface area contributed by atoms with Crippen molar-refractivity contribution in [1.82, 2.24) is 9.55 Å². The molecule has 3 aromatic rings. The van der Waals surface area contributed by atoms with Gasteiger partial charge in [0.1, 0.15) is 0 Å². The Balaban J connectivity index is 1.79. The first-order valence-corrected chi connectivity index (χ1v) is 8.52. The van der Waals surface area contributed by atoms with Crippen LogP contribution in [-0.2, 0) is 28.4 Å². The summed E-state index contributed by atoms with van der Waals surface area (Å²) in [5.74, 6) is -0.830. The van der Waals surface area contributed by atoms with E-state index in [0.717, 1.165) is 33.4 Å².